The molecule has 0 radical (unpaired) electrons. The smallest absolute Gasteiger partial charge is 0.119 e. The monoisotopic (exact) mass is 271 g/mol. The highest BCUT2D eigenvalue weighted by Crippen LogP contribution is 2.16. The van der Waals surface area contributed by atoms with E-state index in [-0.39, 0.29) is 12.6 Å². The molecule has 0 saturated heterocycles. The number of ether oxygens (including phenoxy) is 1. The maximum absolute atomic E-state index is 8.94. The van der Waals surface area contributed by atoms with Crippen molar-refractivity contribution in [3.8, 4) is 5.75 Å². The minimum Gasteiger partial charge on any atom is -0.489 e. The van der Waals surface area contributed by atoms with Gasteiger partial charge in [-0.05, 0) is 42.2 Å². The zero-order chi connectivity index (χ0) is 14.4. The minimum absolute atomic E-state index is 0.00549. The third-order valence-corrected chi connectivity index (χ3v) is 3.31. The van der Waals surface area contributed by atoms with Crippen LogP contribution in [-0.4, -0.2) is 17.8 Å². The lowest BCUT2D eigenvalue weighted by atomic mass is 10.1. The van der Waals surface area contributed by atoms with Crippen LogP contribution >= 0.6 is 0 Å². The summed E-state index contributed by atoms with van der Waals surface area (Å²) in [4.78, 5) is 0. The first kappa shape index (κ1) is 14.6. The first-order valence-corrected chi connectivity index (χ1v) is 6.81. The minimum atomic E-state index is -0.200. The van der Waals surface area contributed by atoms with Gasteiger partial charge in [0.15, 0.2) is 0 Å². The van der Waals surface area contributed by atoms with Crippen molar-refractivity contribution in [2.45, 2.75) is 26.0 Å². The van der Waals surface area contributed by atoms with E-state index in [1.54, 1.807) is 0 Å². The molecule has 0 bridgehead atoms. The molecule has 0 aliphatic heterocycles. The molecule has 0 aliphatic rings. The fraction of sp³-hybridized carbons (Fsp3) is 0.294. The summed E-state index contributed by atoms with van der Waals surface area (Å²) in [6.45, 7) is 2.66. The molecule has 0 heterocycles. The van der Waals surface area contributed by atoms with Gasteiger partial charge in [-0.15, -0.1) is 0 Å². The quantitative estimate of drug-likeness (QED) is 0.848. The maximum atomic E-state index is 8.94. The standard InChI is InChI=1S/C17H21NO2/c1-13-4-2-3-5-15(13)12-20-17-8-6-14(7-9-17)10-16(18)11-19/h2-9,16,19H,10-12,18H2,1H3. The van der Waals surface area contributed by atoms with Gasteiger partial charge in [-0.3, -0.25) is 0 Å². The maximum Gasteiger partial charge on any atom is 0.119 e. The van der Waals surface area contributed by atoms with Gasteiger partial charge in [0.2, 0.25) is 0 Å². The fourth-order valence-electron chi connectivity index (χ4n) is 2.02. The largest absolute Gasteiger partial charge is 0.489 e. The fourth-order valence-corrected chi connectivity index (χ4v) is 2.02. The average Bonchev–Trinajstić information content (AvgIpc) is 2.48. The highest BCUT2D eigenvalue weighted by Gasteiger charge is 2.03. The van der Waals surface area contributed by atoms with Crippen molar-refractivity contribution < 1.29 is 9.84 Å². The van der Waals surface area contributed by atoms with Gasteiger partial charge in [0, 0.05) is 6.04 Å². The van der Waals surface area contributed by atoms with Gasteiger partial charge in [-0.1, -0.05) is 36.4 Å². The molecule has 0 spiro atoms. The summed E-state index contributed by atoms with van der Waals surface area (Å²) in [6, 6.07) is 15.9. The van der Waals surface area contributed by atoms with Crippen molar-refractivity contribution >= 4 is 0 Å². The summed E-state index contributed by atoms with van der Waals surface area (Å²) < 4.78 is 5.78. The first-order valence-electron chi connectivity index (χ1n) is 6.81. The van der Waals surface area contributed by atoms with Crippen LogP contribution in [0.25, 0.3) is 0 Å². The van der Waals surface area contributed by atoms with Gasteiger partial charge >= 0.3 is 0 Å². The number of aryl methyl sites for hydroxylation is 1. The van der Waals surface area contributed by atoms with E-state index in [0.29, 0.717) is 13.0 Å². The van der Waals surface area contributed by atoms with E-state index in [2.05, 4.69) is 19.1 Å². The number of benzene rings is 2. The van der Waals surface area contributed by atoms with E-state index in [1.165, 1.54) is 11.1 Å². The Morgan fingerprint density at radius 3 is 2.45 bits per heavy atom. The lowest BCUT2D eigenvalue weighted by Gasteiger charge is -2.11. The first-order chi connectivity index (χ1) is 9.69. The average molecular weight is 271 g/mol. The second kappa shape index (κ2) is 7.08. The van der Waals surface area contributed by atoms with Crippen molar-refractivity contribution in [2.75, 3.05) is 6.61 Å². The molecule has 0 aromatic heterocycles. The van der Waals surface area contributed by atoms with Gasteiger partial charge < -0.3 is 15.6 Å². The van der Waals surface area contributed by atoms with Crippen molar-refractivity contribution in [1.82, 2.24) is 0 Å². The van der Waals surface area contributed by atoms with Crippen molar-refractivity contribution in [3.05, 3.63) is 65.2 Å². The van der Waals surface area contributed by atoms with Gasteiger partial charge in [-0.25, -0.2) is 0 Å². The van der Waals surface area contributed by atoms with Gasteiger partial charge in [0.1, 0.15) is 12.4 Å². The Bertz CT molecular complexity index is 537. The number of hydrogen-bond donors (Lipinski definition) is 2. The van der Waals surface area contributed by atoms with Crippen molar-refractivity contribution in [1.29, 1.82) is 0 Å². The molecule has 0 saturated carbocycles. The van der Waals surface area contributed by atoms with Crippen LogP contribution in [-0.2, 0) is 13.0 Å². The lowest BCUT2D eigenvalue weighted by Crippen LogP contribution is -2.26. The summed E-state index contributed by atoms with van der Waals surface area (Å²) in [5, 5.41) is 8.94. The molecule has 2 aromatic rings. The molecule has 1 unspecified atom stereocenters. The second-order valence-electron chi connectivity index (χ2n) is 5.01. The molecule has 2 aromatic carbocycles. The Kier molecular flexibility index (Phi) is 5.16. The Labute approximate surface area is 120 Å². The lowest BCUT2D eigenvalue weighted by molar-refractivity contribution is 0.265. The number of rotatable bonds is 6. The second-order valence-corrected chi connectivity index (χ2v) is 5.01. The summed E-state index contributed by atoms with van der Waals surface area (Å²) in [5.74, 6) is 0.842. The number of hydrogen-bond acceptors (Lipinski definition) is 3. The van der Waals surface area contributed by atoms with E-state index in [4.69, 9.17) is 15.6 Å². The Balaban J connectivity index is 1.92. The predicted octanol–water partition coefficient (Wildman–Crippen LogP) is 2.44. The van der Waals surface area contributed by atoms with Crippen LogP contribution < -0.4 is 10.5 Å². The highest BCUT2D eigenvalue weighted by atomic mass is 16.5. The molecular weight excluding hydrogens is 250 g/mol. The summed E-state index contributed by atoms with van der Waals surface area (Å²) >= 11 is 0. The molecular formula is C17H21NO2. The van der Waals surface area contributed by atoms with Gasteiger partial charge in [-0.2, -0.15) is 0 Å². The summed E-state index contributed by atoms with van der Waals surface area (Å²) in [7, 11) is 0. The van der Waals surface area contributed by atoms with Crippen LogP contribution in [0.2, 0.25) is 0 Å². The molecule has 106 valence electrons. The van der Waals surface area contributed by atoms with E-state index < -0.39 is 0 Å². The molecule has 1 atom stereocenters. The Morgan fingerprint density at radius 2 is 1.80 bits per heavy atom. The molecule has 0 fully saturated rings. The molecule has 3 nitrogen and oxygen atoms in total. The topological polar surface area (TPSA) is 55.5 Å². The van der Waals surface area contributed by atoms with Crippen LogP contribution in [0.5, 0.6) is 5.75 Å². The number of aliphatic hydroxyl groups excluding tert-OH is 1. The van der Waals surface area contributed by atoms with Crippen molar-refractivity contribution in [2.24, 2.45) is 5.73 Å². The van der Waals surface area contributed by atoms with E-state index >= 15 is 0 Å². The zero-order valence-corrected chi connectivity index (χ0v) is 11.8. The molecule has 3 heteroatoms. The van der Waals surface area contributed by atoms with Gasteiger partial charge in [0.05, 0.1) is 6.61 Å². The Morgan fingerprint density at radius 1 is 1.10 bits per heavy atom. The van der Waals surface area contributed by atoms with Crippen LogP contribution in [0.15, 0.2) is 48.5 Å². The van der Waals surface area contributed by atoms with Crippen molar-refractivity contribution in [3.63, 3.8) is 0 Å². The number of aliphatic hydroxyl groups is 1. The number of nitrogens with two attached hydrogens (primary N) is 1. The van der Waals surface area contributed by atoms with Crippen LogP contribution in [0.3, 0.4) is 0 Å². The Hall–Kier alpha value is -1.84. The zero-order valence-electron chi connectivity index (χ0n) is 11.8. The third kappa shape index (κ3) is 4.08. The highest BCUT2D eigenvalue weighted by molar-refractivity contribution is 5.29. The third-order valence-electron chi connectivity index (χ3n) is 3.31. The molecule has 20 heavy (non-hydrogen) atoms. The molecule has 3 N–H and O–H groups in total. The van der Waals surface area contributed by atoms with E-state index in [0.717, 1.165) is 11.3 Å². The normalized spacial score (nSPS) is 12.2. The van der Waals surface area contributed by atoms with E-state index in [9.17, 15) is 0 Å². The SMILES string of the molecule is Cc1ccccc1COc1ccc(CC(N)CO)cc1. The summed E-state index contributed by atoms with van der Waals surface area (Å²) in [6.07, 6.45) is 0.675. The van der Waals surface area contributed by atoms with Crippen LogP contribution in [0, 0.1) is 6.92 Å². The van der Waals surface area contributed by atoms with Gasteiger partial charge in [0.25, 0.3) is 0 Å². The molecule has 2 rings (SSSR count). The predicted molar refractivity (Wildman–Crippen MR) is 80.7 cm³/mol. The van der Waals surface area contributed by atoms with E-state index in [1.807, 2.05) is 36.4 Å². The molecule has 0 aliphatic carbocycles. The summed E-state index contributed by atoms with van der Waals surface area (Å²) in [5.41, 5.74) is 9.25. The molecule has 0 amide bonds. The van der Waals surface area contributed by atoms with Crippen LogP contribution in [0.4, 0.5) is 0 Å². The van der Waals surface area contributed by atoms with Crippen LogP contribution in [0.1, 0.15) is 16.7 Å².